The molecule has 0 saturated carbocycles. The molecule has 1 fully saturated rings. The number of hydrogen-bond donors (Lipinski definition) is 0. The van der Waals surface area contributed by atoms with Crippen LogP contribution in [0.4, 0.5) is 0 Å². The SMILES string of the molecule is C=C(/C=C\C=C/C)CC1CCCCN1CCC#N. The van der Waals surface area contributed by atoms with Crippen molar-refractivity contribution in [1.29, 1.82) is 5.26 Å². The zero-order chi connectivity index (χ0) is 13.2. The van der Waals surface area contributed by atoms with Gasteiger partial charge >= 0.3 is 0 Å². The van der Waals surface area contributed by atoms with Gasteiger partial charge in [0.05, 0.1) is 6.07 Å². The van der Waals surface area contributed by atoms with E-state index in [0.29, 0.717) is 12.5 Å². The third-order valence-corrected chi connectivity index (χ3v) is 3.39. The standard InChI is InChI=1S/C16H24N2/c1-3-4-5-9-15(2)14-16-10-6-7-12-18(16)13-8-11-17/h3-5,9,16H,2,6-8,10,12-14H2,1H3/b4-3-,9-5-. The van der Waals surface area contributed by atoms with E-state index in [0.717, 1.165) is 19.5 Å². The lowest BCUT2D eigenvalue weighted by Crippen LogP contribution is -2.40. The number of piperidine rings is 1. The van der Waals surface area contributed by atoms with Gasteiger partial charge in [-0.3, -0.25) is 4.90 Å². The molecule has 98 valence electrons. The molecule has 1 heterocycles. The molecule has 0 aliphatic carbocycles. The summed E-state index contributed by atoms with van der Waals surface area (Å²) in [6.45, 7) is 8.18. The van der Waals surface area contributed by atoms with Gasteiger partial charge in [0.2, 0.25) is 0 Å². The molecule has 0 aromatic heterocycles. The smallest absolute Gasteiger partial charge is 0.0635 e. The Morgan fingerprint density at radius 3 is 3.00 bits per heavy atom. The van der Waals surface area contributed by atoms with E-state index in [1.54, 1.807) is 0 Å². The summed E-state index contributed by atoms with van der Waals surface area (Å²) >= 11 is 0. The van der Waals surface area contributed by atoms with Crippen molar-refractivity contribution in [1.82, 2.24) is 4.90 Å². The fourth-order valence-corrected chi connectivity index (χ4v) is 2.45. The Balaban J connectivity index is 2.46. The largest absolute Gasteiger partial charge is 0.299 e. The lowest BCUT2D eigenvalue weighted by atomic mass is 9.95. The van der Waals surface area contributed by atoms with E-state index in [1.165, 1.54) is 24.8 Å². The molecule has 2 heteroatoms. The van der Waals surface area contributed by atoms with Crippen LogP contribution in [0.25, 0.3) is 0 Å². The van der Waals surface area contributed by atoms with E-state index < -0.39 is 0 Å². The zero-order valence-electron chi connectivity index (χ0n) is 11.4. The molecule has 1 atom stereocenters. The van der Waals surface area contributed by atoms with E-state index in [1.807, 2.05) is 25.2 Å². The van der Waals surface area contributed by atoms with Crippen molar-refractivity contribution in [3.8, 4) is 6.07 Å². The number of nitrogens with zero attached hydrogens (tertiary/aromatic N) is 2. The minimum atomic E-state index is 0.579. The molecule has 0 amide bonds. The maximum absolute atomic E-state index is 8.70. The highest BCUT2D eigenvalue weighted by Gasteiger charge is 2.21. The van der Waals surface area contributed by atoms with Crippen LogP contribution >= 0.6 is 0 Å². The molecule has 1 aliphatic heterocycles. The first-order valence-corrected chi connectivity index (χ1v) is 6.86. The van der Waals surface area contributed by atoms with Crippen molar-refractivity contribution in [2.75, 3.05) is 13.1 Å². The third kappa shape index (κ3) is 5.33. The Hall–Kier alpha value is -1.33. The molecule has 0 radical (unpaired) electrons. The molecular formula is C16H24N2. The van der Waals surface area contributed by atoms with E-state index in [9.17, 15) is 0 Å². The van der Waals surface area contributed by atoms with E-state index in [2.05, 4.69) is 23.6 Å². The fraction of sp³-hybridized carbons (Fsp3) is 0.562. The minimum Gasteiger partial charge on any atom is -0.299 e. The third-order valence-electron chi connectivity index (χ3n) is 3.39. The fourth-order valence-electron chi connectivity index (χ4n) is 2.45. The lowest BCUT2D eigenvalue weighted by Gasteiger charge is -2.35. The molecule has 2 nitrogen and oxygen atoms in total. The summed E-state index contributed by atoms with van der Waals surface area (Å²) in [5.74, 6) is 0. The average Bonchev–Trinajstić information content (AvgIpc) is 2.38. The Kier molecular flexibility index (Phi) is 7.13. The number of rotatable bonds is 6. The summed E-state index contributed by atoms with van der Waals surface area (Å²) in [7, 11) is 0. The molecule has 0 aromatic rings. The summed E-state index contributed by atoms with van der Waals surface area (Å²) in [6, 6.07) is 2.82. The topological polar surface area (TPSA) is 27.0 Å². The van der Waals surface area contributed by atoms with E-state index >= 15 is 0 Å². The molecule has 18 heavy (non-hydrogen) atoms. The van der Waals surface area contributed by atoms with E-state index in [4.69, 9.17) is 5.26 Å². The quantitative estimate of drug-likeness (QED) is 0.664. The van der Waals surface area contributed by atoms with Crippen LogP contribution in [0.15, 0.2) is 36.5 Å². The second kappa shape index (κ2) is 8.72. The molecule has 1 saturated heterocycles. The van der Waals surface area contributed by atoms with Gasteiger partial charge in [-0.15, -0.1) is 0 Å². The second-order valence-electron chi connectivity index (χ2n) is 4.84. The van der Waals surface area contributed by atoms with E-state index in [-0.39, 0.29) is 0 Å². The van der Waals surface area contributed by atoms with Crippen molar-refractivity contribution in [3.05, 3.63) is 36.5 Å². The van der Waals surface area contributed by atoms with Gasteiger partial charge in [-0.25, -0.2) is 0 Å². The molecule has 1 unspecified atom stereocenters. The normalized spacial score (nSPS) is 21.4. The van der Waals surface area contributed by atoms with Crippen LogP contribution in [0.2, 0.25) is 0 Å². The zero-order valence-corrected chi connectivity index (χ0v) is 11.4. The summed E-state index contributed by atoms with van der Waals surface area (Å²) in [4.78, 5) is 2.46. The van der Waals surface area contributed by atoms with Gasteiger partial charge in [0.1, 0.15) is 0 Å². The van der Waals surface area contributed by atoms with Crippen molar-refractivity contribution < 1.29 is 0 Å². The van der Waals surface area contributed by atoms with Crippen LogP contribution in [0, 0.1) is 11.3 Å². The van der Waals surface area contributed by atoms with Crippen molar-refractivity contribution >= 4 is 0 Å². The molecule has 0 bridgehead atoms. The highest BCUT2D eigenvalue weighted by Crippen LogP contribution is 2.22. The van der Waals surface area contributed by atoms with Gasteiger partial charge in [0.15, 0.2) is 0 Å². The summed E-state index contributed by atoms with van der Waals surface area (Å²) in [5, 5.41) is 8.70. The van der Waals surface area contributed by atoms with Crippen LogP contribution in [0.3, 0.4) is 0 Å². The van der Waals surface area contributed by atoms with Crippen LogP contribution < -0.4 is 0 Å². The first kappa shape index (κ1) is 14.7. The van der Waals surface area contributed by atoms with Gasteiger partial charge < -0.3 is 0 Å². The number of hydrogen-bond acceptors (Lipinski definition) is 2. The predicted molar refractivity (Wildman–Crippen MR) is 77.2 cm³/mol. The number of allylic oxidation sites excluding steroid dienone is 4. The van der Waals surface area contributed by atoms with Gasteiger partial charge in [-0.05, 0) is 32.7 Å². The average molecular weight is 244 g/mol. The summed E-state index contributed by atoms with van der Waals surface area (Å²) < 4.78 is 0. The molecule has 0 aromatic carbocycles. The molecule has 0 spiro atoms. The Morgan fingerprint density at radius 2 is 2.28 bits per heavy atom. The first-order valence-electron chi connectivity index (χ1n) is 6.86. The Bertz CT molecular complexity index is 347. The molecular weight excluding hydrogens is 220 g/mol. The van der Waals surface area contributed by atoms with Crippen LogP contribution in [-0.2, 0) is 0 Å². The van der Waals surface area contributed by atoms with Crippen molar-refractivity contribution in [2.45, 2.75) is 45.1 Å². The summed E-state index contributed by atoms with van der Waals surface area (Å²) in [6.07, 6.45) is 13.7. The number of nitriles is 1. The second-order valence-corrected chi connectivity index (χ2v) is 4.84. The first-order chi connectivity index (χ1) is 8.77. The van der Waals surface area contributed by atoms with Crippen molar-refractivity contribution in [3.63, 3.8) is 0 Å². The predicted octanol–water partition coefficient (Wildman–Crippen LogP) is 3.83. The summed E-state index contributed by atoms with van der Waals surface area (Å²) in [5.41, 5.74) is 1.18. The minimum absolute atomic E-state index is 0.579. The maximum Gasteiger partial charge on any atom is 0.0635 e. The van der Waals surface area contributed by atoms with Gasteiger partial charge in [-0.1, -0.05) is 42.9 Å². The van der Waals surface area contributed by atoms with Crippen LogP contribution in [0.1, 0.15) is 39.0 Å². The highest BCUT2D eigenvalue weighted by molar-refractivity contribution is 5.20. The molecule has 1 rings (SSSR count). The Morgan fingerprint density at radius 1 is 1.44 bits per heavy atom. The Labute approximate surface area is 111 Å². The molecule has 1 aliphatic rings. The lowest BCUT2D eigenvalue weighted by molar-refractivity contribution is 0.151. The van der Waals surface area contributed by atoms with Gasteiger partial charge in [0.25, 0.3) is 0 Å². The highest BCUT2D eigenvalue weighted by atomic mass is 15.2. The monoisotopic (exact) mass is 244 g/mol. The van der Waals surface area contributed by atoms with Gasteiger partial charge in [-0.2, -0.15) is 5.26 Å². The number of likely N-dealkylation sites (tertiary alicyclic amines) is 1. The van der Waals surface area contributed by atoms with Crippen molar-refractivity contribution in [2.24, 2.45) is 0 Å². The van der Waals surface area contributed by atoms with Crippen LogP contribution in [0.5, 0.6) is 0 Å². The van der Waals surface area contributed by atoms with Crippen LogP contribution in [-0.4, -0.2) is 24.0 Å². The molecule has 0 N–H and O–H groups in total. The van der Waals surface area contributed by atoms with Gasteiger partial charge in [0, 0.05) is 19.0 Å². The maximum atomic E-state index is 8.70.